The van der Waals surface area contributed by atoms with Crippen LogP contribution in [0.2, 0.25) is 0 Å². The van der Waals surface area contributed by atoms with E-state index in [-0.39, 0.29) is 11.0 Å². The number of ether oxygens (including phenoxy) is 3. The zero-order chi connectivity index (χ0) is 24.2. The molecular weight excluding hydrogens is 456 g/mol. The fourth-order valence-corrected chi connectivity index (χ4v) is 3.56. The summed E-state index contributed by atoms with van der Waals surface area (Å²) in [5, 5.41) is 6.46. The van der Waals surface area contributed by atoms with E-state index < -0.39 is 0 Å². The number of nitrogens with zero attached hydrogens (tertiary/aromatic N) is 2. The Hall–Kier alpha value is -4.18. The molecule has 0 atom stereocenters. The van der Waals surface area contributed by atoms with E-state index in [0.717, 1.165) is 0 Å². The Bertz CT molecular complexity index is 1370. The number of furan rings is 1. The first-order valence-corrected chi connectivity index (χ1v) is 10.6. The summed E-state index contributed by atoms with van der Waals surface area (Å²) in [6.45, 7) is 3.51. The lowest BCUT2D eigenvalue weighted by atomic mass is 10.2. The van der Waals surface area contributed by atoms with Crippen LogP contribution in [0.3, 0.4) is 0 Å². The Morgan fingerprint density at radius 2 is 1.71 bits per heavy atom. The van der Waals surface area contributed by atoms with Crippen molar-refractivity contribution in [2.75, 3.05) is 19.5 Å². The summed E-state index contributed by atoms with van der Waals surface area (Å²) in [6, 6.07) is 12.3. The molecule has 0 unspecified atom stereocenters. The minimum Gasteiger partial charge on any atom is -0.493 e. The van der Waals surface area contributed by atoms with Gasteiger partial charge in [0.15, 0.2) is 16.6 Å². The minimum absolute atomic E-state index is 0.166. The van der Waals surface area contributed by atoms with Crippen LogP contribution < -0.4 is 24.8 Å². The van der Waals surface area contributed by atoms with E-state index in [2.05, 4.69) is 20.6 Å². The van der Waals surface area contributed by atoms with Gasteiger partial charge in [-0.05, 0) is 62.5 Å². The normalized spacial score (nSPS) is 10.6. The second-order valence-electron chi connectivity index (χ2n) is 7.26. The number of anilines is 1. The summed E-state index contributed by atoms with van der Waals surface area (Å²) >= 11 is 5.25. The Labute approximate surface area is 201 Å². The first-order valence-electron chi connectivity index (χ1n) is 10.2. The van der Waals surface area contributed by atoms with Crippen molar-refractivity contribution in [2.24, 2.45) is 0 Å². The van der Waals surface area contributed by atoms with Crippen LogP contribution in [0, 0.1) is 13.8 Å². The molecule has 2 aromatic carbocycles. The average molecular weight is 479 g/mol. The Morgan fingerprint density at radius 1 is 1.00 bits per heavy atom. The van der Waals surface area contributed by atoms with Crippen LogP contribution in [0.4, 0.5) is 5.69 Å². The SMILES string of the molecule is COc1cc2ncnc(Oc3ccc(NC(=S)NC(=O)c4cc(C)oc4C)cc3)c2cc1OC. The molecule has 0 aliphatic heterocycles. The number of rotatable bonds is 6. The second-order valence-corrected chi connectivity index (χ2v) is 7.67. The van der Waals surface area contributed by atoms with Crippen molar-refractivity contribution in [1.29, 1.82) is 0 Å². The summed E-state index contributed by atoms with van der Waals surface area (Å²) in [5.74, 6) is 2.90. The summed E-state index contributed by atoms with van der Waals surface area (Å²) in [5.41, 5.74) is 1.78. The van der Waals surface area contributed by atoms with Gasteiger partial charge in [0.2, 0.25) is 5.88 Å². The number of nitrogens with one attached hydrogen (secondary N) is 2. The molecule has 174 valence electrons. The summed E-state index contributed by atoms with van der Waals surface area (Å²) < 4.78 is 22.1. The lowest BCUT2D eigenvalue weighted by Crippen LogP contribution is -2.34. The molecular formula is C24H22N4O5S. The van der Waals surface area contributed by atoms with Crippen LogP contribution in [-0.4, -0.2) is 35.2 Å². The van der Waals surface area contributed by atoms with Crippen LogP contribution in [0.5, 0.6) is 23.1 Å². The molecule has 9 nitrogen and oxygen atoms in total. The number of carbonyl (C=O) groups excluding carboxylic acids is 1. The van der Waals surface area contributed by atoms with Gasteiger partial charge >= 0.3 is 0 Å². The van der Waals surface area contributed by atoms with E-state index in [1.165, 1.54) is 6.33 Å². The van der Waals surface area contributed by atoms with Crippen molar-refractivity contribution in [3.8, 4) is 23.1 Å². The van der Waals surface area contributed by atoms with Crippen LogP contribution in [0.15, 0.2) is 53.2 Å². The number of carbonyl (C=O) groups is 1. The van der Waals surface area contributed by atoms with Gasteiger partial charge in [-0.3, -0.25) is 10.1 Å². The van der Waals surface area contributed by atoms with Gasteiger partial charge in [-0.15, -0.1) is 0 Å². The van der Waals surface area contributed by atoms with E-state index in [1.807, 2.05) is 0 Å². The van der Waals surface area contributed by atoms with Crippen molar-refractivity contribution in [3.63, 3.8) is 0 Å². The number of hydrogen-bond donors (Lipinski definition) is 2. The number of amides is 1. The number of hydrogen-bond acceptors (Lipinski definition) is 8. The van der Waals surface area contributed by atoms with Crippen molar-refractivity contribution in [3.05, 3.63) is 65.9 Å². The number of fused-ring (bicyclic) bond motifs is 1. The zero-order valence-corrected chi connectivity index (χ0v) is 19.8. The number of thiocarbonyl (C=S) groups is 1. The number of aromatic nitrogens is 2. The fraction of sp³-hybridized carbons (Fsp3) is 0.167. The lowest BCUT2D eigenvalue weighted by molar-refractivity contribution is 0.0976. The van der Waals surface area contributed by atoms with Crippen molar-refractivity contribution in [2.45, 2.75) is 13.8 Å². The molecule has 0 saturated carbocycles. The van der Waals surface area contributed by atoms with Gasteiger partial charge in [0.1, 0.15) is 23.6 Å². The van der Waals surface area contributed by atoms with Gasteiger partial charge in [0.25, 0.3) is 5.91 Å². The predicted molar refractivity (Wildman–Crippen MR) is 131 cm³/mol. The fourth-order valence-electron chi connectivity index (χ4n) is 3.35. The maximum atomic E-state index is 12.4. The van der Waals surface area contributed by atoms with Gasteiger partial charge in [-0.25, -0.2) is 9.97 Å². The molecule has 4 aromatic rings. The highest BCUT2D eigenvalue weighted by Gasteiger charge is 2.15. The maximum absolute atomic E-state index is 12.4. The van der Waals surface area contributed by atoms with E-state index in [1.54, 1.807) is 70.5 Å². The molecule has 10 heteroatoms. The van der Waals surface area contributed by atoms with Gasteiger partial charge in [0.05, 0.1) is 30.7 Å². The van der Waals surface area contributed by atoms with E-state index in [0.29, 0.717) is 56.8 Å². The Balaban J connectivity index is 1.45. The quantitative estimate of drug-likeness (QED) is 0.379. The molecule has 0 spiro atoms. The van der Waals surface area contributed by atoms with Gasteiger partial charge < -0.3 is 23.9 Å². The van der Waals surface area contributed by atoms with E-state index >= 15 is 0 Å². The molecule has 0 radical (unpaired) electrons. The van der Waals surface area contributed by atoms with Crippen LogP contribution in [0.25, 0.3) is 10.9 Å². The second kappa shape index (κ2) is 9.75. The Kier molecular flexibility index (Phi) is 6.60. The number of aryl methyl sites for hydroxylation is 2. The summed E-state index contributed by atoms with van der Waals surface area (Å²) in [6.07, 6.45) is 1.42. The molecule has 2 heterocycles. The zero-order valence-electron chi connectivity index (χ0n) is 19.0. The molecule has 2 aromatic heterocycles. The van der Waals surface area contributed by atoms with Crippen molar-refractivity contribution < 1.29 is 23.4 Å². The van der Waals surface area contributed by atoms with E-state index in [4.69, 9.17) is 30.8 Å². The largest absolute Gasteiger partial charge is 0.493 e. The van der Waals surface area contributed by atoms with Gasteiger partial charge in [0, 0.05) is 11.8 Å². The molecule has 0 aliphatic rings. The molecule has 34 heavy (non-hydrogen) atoms. The third-order valence-corrected chi connectivity index (χ3v) is 5.15. The first-order chi connectivity index (χ1) is 16.4. The topological polar surface area (TPSA) is 108 Å². The van der Waals surface area contributed by atoms with Crippen molar-refractivity contribution in [1.82, 2.24) is 15.3 Å². The van der Waals surface area contributed by atoms with Crippen molar-refractivity contribution >= 4 is 39.8 Å². The summed E-state index contributed by atoms with van der Waals surface area (Å²) in [7, 11) is 3.12. The molecule has 1 amide bonds. The highest BCUT2D eigenvalue weighted by atomic mass is 32.1. The predicted octanol–water partition coefficient (Wildman–Crippen LogP) is 4.78. The first kappa shape index (κ1) is 23.0. The molecule has 0 saturated heterocycles. The molecule has 0 bridgehead atoms. The average Bonchev–Trinajstić information content (AvgIpc) is 3.17. The Morgan fingerprint density at radius 3 is 2.35 bits per heavy atom. The lowest BCUT2D eigenvalue weighted by Gasteiger charge is -2.12. The third-order valence-electron chi connectivity index (χ3n) is 4.94. The molecule has 4 rings (SSSR count). The highest BCUT2D eigenvalue weighted by Crippen LogP contribution is 2.35. The highest BCUT2D eigenvalue weighted by molar-refractivity contribution is 7.80. The minimum atomic E-state index is -0.338. The monoisotopic (exact) mass is 478 g/mol. The number of methoxy groups -OCH3 is 2. The standard InChI is InChI=1S/C24H22N4O5S/c1-13-9-17(14(2)32-13)22(29)28-24(34)27-15-5-7-16(8-6-15)33-23-18-10-20(30-3)21(31-4)11-19(18)25-12-26-23/h5-12H,1-4H3,(H2,27,28,29,34). The van der Waals surface area contributed by atoms with Gasteiger partial charge in [-0.2, -0.15) is 0 Å². The van der Waals surface area contributed by atoms with Crippen LogP contribution in [0.1, 0.15) is 21.9 Å². The molecule has 0 aliphatic carbocycles. The summed E-state index contributed by atoms with van der Waals surface area (Å²) in [4.78, 5) is 20.9. The van der Waals surface area contributed by atoms with Crippen LogP contribution >= 0.6 is 12.2 Å². The van der Waals surface area contributed by atoms with Gasteiger partial charge in [-0.1, -0.05) is 0 Å². The molecule has 0 fully saturated rings. The maximum Gasteiger partial charge on any atom is 0.260 e. The number of benzene rings is 2. The smallest absolute Gasteiger partial charge is 0.260 e. The molecule has 2 N–H and O–H groups in total. The van der Waals surface area contributed by atoms with Crippen LogP contribution in [-0.2, 0) is 0 Å². The van der Waals surface area contributed by atoms with E-state index in [9.17, 15) is 4.79 Å². The third kappa shape index (κ3) is 4.91.